The second-order valence-corrected chi connectivity index (χ2v) is 12.7. The van der Waals surface area contributed by atoms with Gasteiger partial charge in [-0.25, -0.2) is 4.99 Å². The van der Waals surface area contributed by atoms with Gasteiger partial charge in [0.05, 0.1) is 11.6 Å². The number of piperazine rings is 1. The third kappa shape index (κ3) is 9.48. The summed E-state index contributed by atoms with van der Waals surface area (Å²) in [6.45, 7) is 4.99. The second-order valence-electron chi connectivity index (χ2n) is 12.7. The summed E-state index contributed by atoms with van der Waals surface area (Å²) >= 11 is 0. The van der Waals surface area contributed by atoms with Crippen LogP contribution in [-0.4, -0.2) is 81.1 Å². The lowest BCUT2D eigenvalue weighted by Gasteiger charge is -2.36. The van der Waals surface area contributed by atoms with Crippen LogP contribution in [0, 0.1) is 17.2 Å². The van der Waals surface area contributed by atoms with Crippen molar-refractivity contribution in [1.29, 1.82) is 5.26 Å². The molecule has 5 rings (SSSR count). The molecule has 2 aliphatic rings. The van der Waals surface area contributed by atoms with Crippen LogP contribution < -0.4 is 10.6 Å². The second kappa shape index (κ2) is 16.8. The molecule has 12 nitrogen and oxygen atoms in total. The number of aromatic nitrogens is 2. The molecule has 1 aliphatic carbocycles. The van der Waals surface area contributed by atoms with E-state index in [2.05, 4.69) is 31.7 Å². The van der Waals surface area contributed by atoms with Crippen LogP contribution in [0.15, 0.2) is 65.8 Å². The number of hydrogen-bond donors (Lipinski definition) is 2. The number of carbonyl (C=O) groups excluding carboxylic acids is 4. The number of benzene rings is 2. The lowest BCUT2D eigenvalue weighted by Crippen LogP contribution is -2.55. The Morgan fingerprint density at radius 1 is 0.939 bits per heavy atom. The Morgan fingerprint density at radius 2 is 1.61 bits per heavy atom. The SMILES string of the molecule is CCC(=O)N[C@H](Cc1ccc(NC(=O)C(=NC(=O)c2ccnn2C)C2CCCCC2)cc1)C(=O)N1CCN(Cc2ccc(C#N)cc2)CC1. The van der Waals surface area contributed by atoms with Crippen molar-refractivity contribution in [2.75, 3.05) is 31.5 Å². The summed E-state index contributed by atoms with van der Waals surface area (Å²) in [6, 6.07) is 17.7. The normalized spacial score (nSPS) is 16.4. The highest BCUT2D eigenvalue weighted by Crippen LogP contribution is 2.26. The van der Waals surface area contributed by atoms with Crippen molar-refractivity contribution in [2.45, 2.75) is 64.5 Å². The number of carbonyl (C=O) groups is 4. The van der Waals surface area contributed by atoms with Crippen molar-refractivity contribution in [3.05, 3.63) is 83.2 Å². The number of aliphatic imine (C=N–C) groups is 1. The molecule has 256 valence electrons. The average Bonchev–Trinajstić information content (AvgIpc) is 3.57. The van der Waals surface area contributed by atoms with Crippen molar-refractivity contribution in [2.24, 2.45) is 18.0 Å². The molecule has 2 fully saturated rings. The van der Waals surface area contributed by atoms with E-state index in [0.717, 1.165) is 49.8 Å². The first-order valence-electron chi connectivity index (χ1n) is 17.0. The molecular weight excluding hydrogens is 620 g/mol. The number of nitrogens with zero attached hydrogens (tertiary/aromatic N) is 6. The largest absolute Gasteiger partial charge is 0.344 e. The van der Waals surface area contributed by atoms with Crippen LogP contribution in [0.25, 0.3) is 0 Å². The van der Waals surface area contributed by atoms with E-state index in [9.17, 15) is 19.2 Å². The Labute approximate surface area is 287 Å². The zero-order valence-corrected chi connectivity index (χ0v) is 28.2. The zero-order valence-electron chi connectivity index (χ0n) is 28.2. The van der Waals surface area contributed by atoms with E-state index >= 15 is 0 Å². The molecule has 0 unspecified atom stereocenters. The van der Waals surface area contributed by atoms with Gasteiger partial charge in [0.15, 0.2) is 0 Å². The monoisotopic (exact) mass is 664 g/mol. The molecule has 4 amide bonds. The Morgan fingerprint density at radius 3 is 2.22 bits per heavy atom. The van der Waals surface area contributed by atoms with Gasteiger partial charge in [-0.15, -0.1) is 0 Å². The first kappa shape index (κ1) is 35.2. The van der Waals surface area contributed by atoms with Crippen molar-refractivity contribution in [1.82, 2.24) is 24.9 Å². The van der Waals surface area contributed by atoms with Crippen LogP contribution in [0.1, 0.15) is 72.6 Å². The highest BCUT2D eigenvalue weighted by Gasteiger charge is 2.30. The fourth-order valence-corrected chi connectivity index (χ4v) is 6.39. The third-order valence-electron chi connectivity index (χ3n) is 9.27. The van der Waals surface area contributed by atoms with E-state index in [1.807, 2.05) is 41.3 Å². The summed E-state index contributed by atoms with van der Waals surface area (Å²) < 4.78 is 1.45. The number of nitrogens with one attached hydrogen (secondary N) is 2. The van der Waals surface area contributed by atoms with Crippen molar-refractivity contribution < 1.29 is 19.2 Å². The van der Waals surface area contributed by atoms with E-state index in [1.54, 1.807) is 32.2 Å². The van der Waals surface area contributed by atoms with Gasteiger partial charge in [-0.1, -0.05) is 50.5 Å². The van der Waals surface area contributed by atoms with E-state index < -0.39 is 17.9 Å². The highest BCUT2D eigenvalue weighted by atomic mass is 16.2. The molecule has 0 radical (unpaired) electrons. The number of anilines is 1. The molecule has 1 aromatic heterocycles. The first-order chi connectivity index (χ1) is 23.7. The molecule has 1 saturated carbocycles. The summed E-state index contributed by atoms with van der Waals surface area (Å²) in [4.78, 5) is 61.0. The van der Waals surface area contributed by atoms with Crippen LogP contribution in [0.2, 0.25) is 0 Å². The Hall–Kier alpha value is -5.15. The van der Waals surface area contributed by atoms with Crippen molar-refractivity contribution >= 4 is 35.0 Å². The molecule has 0 bridgehead atoms. The maximum atomic E-state index is 13.7. The summed E-state index contributed by atoms with van der Waals surface area (Å²) in [5.41, 5.74) is 3.67. The third-order valence-corrected chi connectivity index (χ3v) is 9.27. The van der Waals surface area contributed by atoms with Crippen LogP contribution in [0.3, 0.4) is 0 Å². The molecule has 3 aromatic rings. The minimum absolute atomic E-state index is 0.100. The van der Waals surface area contributed by atoms with Crippen LogP contribution in [-0.2, 0) is 34.4 Å². The molecule has 1 atom stereocenters. The molecule has 2 aromatic carbocycles. The van der Waals surface area contributed by atoms with Crippen molar-refractivity contribution in [3.8, 4) is 6.07 Å². The van der Waals surface area contributed by atoms with Gasteiger partial charge in [0, 0.05) is 70.4 Å². The predicted octanol–water partition coefficient (Wildman–Crippen LogP) is 3.87. The lowest BCUT2D eigenvalue weighted by molar-refractivity contribution is -0.138. The summed E-state index contributed by atoms with van der Waals surface area (Å²) in [6.07, 6.45) is 6.75. The maximum Gasteiger partial charge on any atom is 0.295 e. The number of hydrogen-bond acceptors (Lipinski definition) is 7. The number of amides is 4. The molecular formula is C37H44N8O4. The Balaban J connectivity index is 1.21. The van der Waals surface area contributed by atoms with Gasteiger partial charge >= 0.3 is 0 Å². The van der Waals surface area contributed by atoms with Gasteiger partial charge in [-0.05, 0) is 54.3 Å². The zero-order chi connectivity index (χ0) is 34.8. The number of rotatable bonds is 11. The van der Waals surface area contributed by atoms with Crippen molar-refractivity contribution in [3.63, 3.8) is 0 Å². The standard InChI is InChI=1S/C37H44N8O4/c1-3-33(46)41-31(37(49)45-21-19-44(20-22-45)25-28-11-9-27(24-38)10-12-28)23-26-13-15-30(16-14-26)40-36(48)34(29-7-5-4-6-8-29)42-35(47)32-17-18-39-43(32)2/h9-18,29,31H,3-8,19-23,25H2,1-2H3,(H,40,48)(H,41,46)/t31-/m1/s1. The molecule has 1 saturated heterocycles. The van der Waals surface area contributed by atoms with E-state index in [0.29, 0.717) is 49.5 Å². The molecule has 2 heterocycles. The predicted molar refractivity (Wildman–Crippen MR) is 186 cm³/mol. The topological polar surface area (TPSA) is 153 Å². The fraction of sp³-hybridized carbons (Fsp3) is 0.432. The van der Waals surface area contributed by atoms with Gasteiger partial charge < -0.3 is 15.5 Å². The van der Waals surface area contributed by atoms with Gasteiger partial charge in [-0.3, -0.25) is 28.8 Å². The minimum atomic E-state index is -0.721. The smallest absolute Gasteiger partial charge is 0.295 e. The molecule has 0 spiro atoms. The van der Waals surface area contributed by atoms with Crippen LogP contribution in [0.4, 0.5) is 5.69 Å². The maximum absolute atomic E-state index is 13.7. The van der Waals surface area contributed by atoms with E-state index in [1.165, 1.54) is 10.9 Å². The average molecular weight is 665 g/mol. The molecule has 2 N–H and O–H groups in total. The summed E-state index contributed by atoms with van der Waals surface area (Å²) in [5.74, 6) is -1.32. The van der Waals surface area contributed by atoms with E-state index in [4.69, 9.17) is 5.26 Å². The number of aryl methyl sites for hydroxylation is 1. The summed E-state index contributed by atoms with van der Waals surface area (Å²) in [5, 5.41) is 18.9. The fourth-order valence-electron chi connectivity index (χ4n) is 6.39. The van der Waals surface area contributed by atoms with Crippen LogP contribution >= 0.6 is 0 Å². The number of nitriles is 1. The van der Waals surface area contributed by atoms with Gasteiger partial charge in [0.1, 0.15) is 17.4 Å². The van der Waals surface area contributed by atoms with E-state index in [-0.39, 0.29) is 29.9 Å². The first-order valence-corrected chi connectivity index (χ1v) is 17.0. The summed E-state index contributed by atoms with van der Waals surface area (Å²) in [7, 11) is 1.66. The quantitative estimate of drug-likeness (QED) is 0.295. The minimum Gasteiger partial charge on any atom is -0.344 e. The van der Waals surface area contributed by atoms with Gasteiger partial charge in [0.25, 0.3) is 11.8 Å². The highest BCUT2D eigenvalue weighted by molar-refractivity contribution is 6.45. The molecule has 12 heteroatoms. The van der Waals surface area contributed by atoms with Crippen LogP contribution in [0.5, 0.6) is 0 Å². The Kier molecular flexibility index (Phi) is 12.1. The molecule has 1 aliphatic heterocycles. The Bertz CT molecular complexity index is 1690. The van der Waals surface area contributed by atoms with Gasteiger partial charge in [-0.2, -0.15) is 10.4 Å². The van der Waals surface area contributed by atoms with Gasteiger partial charge in [0.2, 0.25) is 11.8 Å². The lowest BCUT2D eigenvalue weighted by atomic mass is 9.85. The molecule has 49 heavy (non-hydrogen) atoms.